The molecule has 5 aliphatic heterocycles. The van der Waals surface area contributed by atoms with Gasteiger partial charge in [0.2, 0.25) is 5.69 Å². The Morgan fingerprint density at radius 2 is 1.83 bits per heavy atom. The molecule has 0 bridgehead atoms. The molecule has 0 aliphatic carbocycles. The molecule has 5 heterocycles. The molecular formula is C35H37N2O4S+. The third kappa shape index (κ3) is 3.39. The third-order valence-electron chi connectivity index (χ3n) is 10.5. The minimum atomic E-state index is -4.32. The van der Waals surface area contributed by atoms with Gasteiger partial charge in [0, 0.05) is 52.5 Å². The Labute approximate surface area is 247 Å². The van der Waals surface area contributed by atoms with Crippen LogP contribution in [0.4, 0.5) is 11.4 Å². The molecule has 3 aromatic carbocycles. The van der Waals surface area contributed by atoms with Crippen LogP contribution in [0.3, 0.4) is 0 Å². The van der Waals surface area contributed by atoms with Crippen molar-refractivity contribution in [2.45, 2.75) is 81.3 Å². The van der Waals surface area contributed by atoms with Crippen LogP contribution < -0.4 is 4.90 Å². The predicted molar refractivity (Wildman–Crippen MR) is 166 cm³/mol. The molecule has 0 aromatic heterocycles. The summed E-state index contributed by atoms with van der Waals surface area (Å²) in [6.07, 6.45) is 6.66. The second-order valence-corrected chi connectivity index (χ2v) is 14.7. The average molecular weight is 582 g/mol. The van der Waals surface area contributed by atoms with Crippen molar-refractivity contribution in [2.24, 2.45) is 0 Å². The van der Waals surface area contributed by atoms with Crippen molar-refractivity contribution in [3.8, 4) is 0 Å². The van der Waals surface area contributed by atoms with Gasteiger partial charge in [-0.15, -0.1) is 0 Å². The van der Waals surface area contributed by atoms with Gasteiger partial charge in [-0.25, -0.2) is 0 Å². The summed E-state index contributed by atoms with van der Waals surface area (Å²) >= 11 is 0. The normalized spacial score (nSPS) is 27.3. The van der Waals surface area contributed by atoms with E-state index in [0.717, 1.165) is 60.8 Å². The first-order valence-electron chi connectivity index (χ1n) is 15.2. The van der Waals surface area contributed by atoms with Crippen molar-refractivity contribution in [1.82, 2.24) is 0 Å². The summed E-state index contributed by atoms with van der Waals surface area (Å²) in [5.74, 6) is 0. The fourth-order valence-corrected chi connectivity index (χ4v) is 9.42. The second-order valence-electron chi connectivity index (χ2n) is 13.3. The number of para-hydroxylation sites is 1. The molecule has 0 amide bonds. The summed E-state index contributed by atoms with van der Waals surface area (Å²) in [4.78, 5) is 2.49. The van der Waals surface area contributed by atoms with Gasteiger partial charge in [-0.3, -0.25) is 4.55 Å². The van der Waals surface area contributed by atoms with Crippen LogP contribution in [0.2, 0.25) is 0 Å². The van der Waals surface area contributed by atoms with Gasteiger partial charge in [-0.2, -0.15) is 13.0 Å². The summed E-state index contributed by atoms with van der Waals surface area (Å²) in [6, 6.07) is 18.1. The molecule has 6 nitrogen and oxygen atoms in total. The number of hydrogen-bond acceptors (Lipinski definition) is 4. The maximum atomic E-state index is 12.1. The largest absolute Gasteiger partial charge is 0.365 e. The molecule has 8 rings (SSSR count). The first-order valence-corrected chi connectivity index (χ1v) is 16.7. The zero-order chi connectivity index (χ0) is 29.2. The van der Waals surface area contributed by atoms with Gasteiger partial charge in [0.1, 0.15) is 0 Å². The number of hydrogen-bond donors (Lipinski definition) is 1. The van der Waals surface area contributed by atoms with Crippen molar-refractivity contribution in [1.29, 1.82) is 0 Å². The van der Waals surface area contributed by atoms with Crippen molar-refractivity contribution in [3.05, 3.63) is 88.6 Å². The average Bonchev–Trinajstić information content (AvgIpc) is 3.36. The summed E-state index contributed by atoms with van der Waals surface area (Å²) in [5, 5.41) is 1.83. The Bertz CT molecular complexity index is 1920. The minimum absolute atomic E-state index is 0.0339. The van der Waals surface area contributed by atoms with E-state index >= 15 is 0 Å². The maximum Gasteiger partial charge on any atom is 0.294 e. The van der Waals surface area contributed by atoms with Crippen molar-refractivity contribution < 1.29 is 22.3 Å². The Kier molecular flexibility index (Phi) is 5.43. The van der Waals surface area contributed by atoms with E-state index in [1.165, 1.54) is 39.9 Å². The van der Waals surface area contributed by atoms with E-state index in [9.17, 15) is 13.0 Å². The Hall–Kier alpha value is -3.26. The van der Waals surface area contributed by atoms with Crippen molar-refractivity contribution >= 4 is 38.0 Å². The monoisotopic (exact) mass is 581 g/mol. The van der Waals surface area contributed by atoms with E-state index in [4.69, 9.17) is 4.74 Å². The van der Waals surface area contributed by atoms with Crippen LogP contribution in [0.5, 0.6) is 0 Å². The number of rotatable bonds is 3. The molecule has 7 heteroatoms. The molecule has 0 saturated carbocycles. The van der Waals surface area contributed by atoms with E-state index in [0.29, 0.717) is 0 Å². The van der Waals surface area contributed by atoms with E-state index in [1.807, 2.05) is 0 Å². The standard InChI is InChI=1S/C35H36N2O4S/c1-5-16-35(4)26-8-6-7-9-27(26)36-17-14-30-25(33(35)36)20-24-29(41-30)15-18-37-28-13-11-21-10-12-22(42(38,39)40)19-23(21)31(28)34(2,3)32(24)37/h6-13,19-20,29-30H,5,14-18H2,1-4H3/p+1. The van der Waals surface area contributed by atoms with Crippen LogP contribution in [0, 0.1) is 0 Å². The lowest BCUT2D eigenvalue weighted by Crippen LogP contribution is -2.47. The van der Waals surface area contributed by atoms with Crippen LogP contribution in [-0.4, -0.2) is 48.6 Å². The Morgan fingerprint density at radius 1 is 1.05 bits per heavy atom. The zero-order valence-electron chi connectivity index (χ0n) is 24.6. The van der Waals surface area contributed by atoms with Crippen LogP contribution in [0.15, 0.2) is 82.4 Å². The summed E-state index contributed by atoms with van der Waals surface area (Å²) in [5.41, 5.74) is 9.74. The van der Waals surface area contributed by atoms with E-state index in [1.54, 1.807) is 12.1 Å². The van der Waals surface area contributed by atoms with E-state index in [2.05, 4.69) is 79.6 Å². The highest BCUT2D eigenvalue weighted by molar-refractivity contribution is 7.85. The molecule has 5 aliphatic rings. The van der Waals surface area contributed by atoms with E-state index < -0.39 is 15.5 Å². The number of nitrogens with zero attached hydrogens (tertiary/aromatic N) is 2. The molecule has 0 saturated heterocycles. The first kappa shape index (κ1) is 26.4. The molecule has 1 N–H and O–H groups in total. The molecular weight excluding hydrogens is 544 g/mol. The SMILES string of the molecule is CCCC1(C)C2=C3C=C4C5=[N+](CCC4OC3CCN2c2ccccc21)c1ccc2ccc(S(=O)(=O)O)cc2c1C5(C)C. The lowest BCUT2D eigenvalue weighted by molar-refractivity contribution is -0.445. The number of benzene rings is 3. The molecule has 42 heavy (non-hydrogen) atoms. The predicted octanol–water partition coefficient (Wildman–Crippen LogP) is 6.80. The smallest absolute Gasteiger partial charge is 0.294 e. The van der Waals surface area contributed by atoms with Gasteiger partial charge in [0.15, 0.2) is 12.3 Å². The summed E-state index contributed by atoms with van der Waals surface area (Å²) < 4.78 is 43.5. The Morgan fingerprint density at radius 3 is 2.62 bits per heavy atom. The lowest BCUT2D eigenvalue weighted by Gasteiger charge is -2.43. The second kappa shape index (κ2) is 8.65. The zero-order valence-corrected chi connectivity index (χ0v) is 25.5. The molecule has 0 fully saturated rings. The number of anilines is 1. The third-order valence-corrected chi connectivity index (χ3v) is 11.3. The van der Waals surface area contributed by atoms with Gasteiger partial charge >= 0.3 is 0 Å². The van der Waals surface area contributed by atoms with Crippen LogP contribution in [0.25, 0.3) is 10.8 Å². The lowest BCUT2D eigenvalue weighted by atomic mass is 9.72. The van der Waals surface area contributed by atoms with Gasteiger partial charge in [-0.1, -0.05) is 37.6 Å². The number of ether oxygens (including phenoxy) is 1. The number of fused-ring (bicyclic) bond motifs is 10. The maximum absolute atomic E-state index is 12.1. The van der Waals surface area contributed by atoms with Crippen LogP contribution in [0.1, 0.15) is 64.5 Å². The molecule has 3 atom stereocenters. The first-order chi connectivity index (χ1) is 20.0. The van der Waals surface area contributed by atoms with E-state index in [-0.39, 0.29) is 22.5 Å². The van der Waals surface area contributed by atoms with Crippen molar-refractivity contribution in [2.75, 3.05) is 18.0 Å². The van der Waals surface area contributed by atoms with Gasteiger partial charge in [-0.05, 0) is 80.3 Å². The highest BCUT2D eigenvalue weighted by Gasteiger charge is 2.55. The fraction of sp³-hybridized carbons (Fsp3) is 0.400. The number of allylic oxidation sites excluding steroid dienone is 1. The van der Waals surface area contributed by atoms with Crippen LogP contribution >= 0.6 is 0 Å². The highest BCUT2D eigenvalue weighted by atomic mass is 32.2. The quantitative estimate of drug-likeness (QED) is 0.272. The summed E-state index contributed by atoms with van der Waals surface area (Å²) in [7, 11) is -4.32. The van der Waals surface area contributed by atoms with Gasteiger partial charge in [0.25, 0.3) is 10.1 Å². The van der Waals surface area contributed by atoms with Gasteiger partial charge in [0.05, 0.1) is 22.5 Å². The van der Waals surface area contributed by atoms with Gasteiger partial charge < -0.3 is 9.64 Å². The molecule has 3 aromatic rings. The molecule has 3 unspecified atom stereocenters. The fourth-order valence-electron chi connectivity index (χ4n) is 8.92. The summed E-state index contributed by atoms with van der Waals surface area (Å²) in [6.45, 7) is 11.0. The van der Waals surface area contributed by atoms with Crippen molar-refractivity contribution in [3.63, 3.8) is 0 Å². The highest BCUT2D eigenvalue weighted by Crippen LogP contribution is 2.56. The topological polar surface area (TPSA) is 69.8 Å². The molecule has 216 valence electrons. The van der Waals surface area contributed by atoms with Crippen LogP contribution in [-0.2, 0) is 25.7 Å². The molecule has 0 spiro atoms. The minimum Gasteiger partial charge on any atom is -0.365 e. The Balaban J connectivity index is 1.34. The molecule has 0 radical (unpaired) electrons.